The number of nitriles is 1. The molecule has 0 heterocycles. The Morgan fingerprint density at radius 1 is 1.37 bits per heavy atom. The molecule has 1 aromatic carbocycles. The molecule has 0 aliphatic heterocycles. The standard InChI is InChI=1S/C13H12Cl2N2O2/c1-17-13(19)9(7-16)12(18)5-3-8-2-4-10(14)11(15)6-8/h2,4,6,9H,3,5H2,1H3,(H,17,19)/t9-/m1/s1. The second-order valence-corrected chi connectivity index (χ2v) is 4.71. The second kappa shape index (κ2) is 7.13. The molecule has 6 heteroatoms. The first-order valence-corrected chi connectivity index (χ1v) is 6.33. The van der Waals surface area contributed by atoms with E-state index in [4.69, 9.17) is 28.5 Å². The first kappa shape index (κ1) is 15.5. The molecule has 0 aliphatic carbocycles. The van der Waals surface area contributed by atoms with Crippen LogP contribution in [0.15, 0.2) is 18.2 Å². The molecule has 1 aromatic rings. The zero-order valence-electron chi connectivity index (χ0n) is 10.2. The van der Waals surface area contributed by atoms with Gasteiger partial charge in [0.1, 0.15) is 0 Å². The minimum absolute atomic E-state index is 0.101. The van der Waals surface area contributed by atoms with Gasteiger partial charge >= 0.3 is 0 Å². The molecule has 100 valence electrons. The van der Waals surface area contributed by atoms with Gasteiger partial charge in [0.15, 0.2) is 11.7 Å². The summed E-state index contributed by atoms with van der Waals surface area (Å²) in [5.74, 6) is -2.25. The predicted octanol–water partition coefficient (Wildman–Crippen LogP) is 2.38. The summed E-state index contributed by atoms with van der Waals surface area (Å²) < 4.78 is 0. The monoisotopic (exact) mass is 298 g/mol. The number of ketones is 1. The van der Waals surface area contributed by atoms with Gasteiger partial charge in [-0.25, -0.2) is 0 Å². The van der Waals surface area contributed by atoms with Crippen LogP contribution in [0.4, 0.5) is 0 Å². The Labute approximate surface area is 121 Å². The first-order chi connectivity index (χ1) is 8.99. The summed E-state index contributed by atoms with van der Waals surface area (Å²) >= 11 is 11.6. The van der Waals surface area contributed by atoms with Crippen molar-refractivity contribution in [1.29, 1.82) is 5.26 Å². The average Bonchev–Trinajstić information content (AvgIpc) is 2.40. The van der Waals surface area contributed by atoms with Crippen molar-refractivity contribution in [3.05, 3.63) is 33.8 Å². The molecule has 0 bridgehead atoms. The van der Waals surface area contributed by atoms with Crippen LogP contribution in [0.3, 0.4) is 0 Å². The number of nitrogens with one attached hydrogen (secondary N) is 1. The maximum atomic E-state index is 11.8. The molecule has 0 unspecified atom stereocenters. The minimum atomic E-state index is -1.26. The molecule has 1 amide bonds. The highest BCUT2D eigenvalue weighted by molar-refractivity contribution is 6.42. The molecule has 4 nitrogen and oxygen atoms in total. The third kappa shape index (κ3) is 4.23. The van der Waals surface area contributed by atoms with Crippen LogP contribution >= 0.6 is 23.2 Å². The quantitative estimate of drug-likeness (QED) is 0.849. The van der Waals surface area contributed by atoms with Crippen LogP contribution in [-0.2, 0) is 16.0 Å². The van der Waals surface area contributed by atoms with Crippen LogP contribution in [-0.4, -0.2) is 18.7 Å². The third-order valence-electron chi connectivity index (χ3n) is 2.60. The van der Waals surface area contributed by atoms with E-state index in [9.17, 15) is 9.59 Å². The number of carbonyl (C=O) groups is 2. The average molecular weight is 299 g/mol. The maximum absolute atomic E-state index is 11.8. The smallest absolute Gasteiger partial charge is 0.244 e. The lowest BCUT2D eigenvalue weighted by molar-refractivity contribution is -0.131. The minimum Gasteiger partial charge on any atom is -0.358 e. The summed E-state index contributed by atoms with van der Waals surface area (Å²) in [6.07, 6.45) is 0.508. The number of carbonyl (C=O) groups excluding carboxylic acids is 2. The van der Waals surface area contributed by atoms with E-state index in [1.165, 1.54) is 7.05 Å². The van der Waals surface area contributed by atoms with Crippen LogP contribution < -0.4 is 5.32 Å². The normalized spacial score (nSPS) is 11.5. The predicted molar refractivity (Wildman–Crippen MR) is 73.0 cm³/mol. The number of aryl methyl sites for hydroxylation is 1. The summed E-state index contributed by atoms with van der Waals surface area (Å²) in [5.41, 5.74) is 0.830. The highest BCUT2D eigenvalue weighted by atomic mass is 35.5. The van der Waals surface area contributed by atoms with Gasteiger partial charge in [0.05, 0.1) is 16.1 Å². The molecule has 0 spiro atoms. The molecule has 1 rings (SSSR count). The first-order valence-electron chi connectivity index (χ1n) is 5.57. The van der Waals surface area contributed by atoms with Gasteiger partial charge in [-0.15, -0.1) is 0 Å². The Kier molecular flexibility index (Phi) is 5.81. The summed E-state index contributed by atoms with van der Waals surface area (Å²) in [4.78, 5) is 23.1. The third-order valence-corrected chi connectivity index (χ3v) is 3.34. The zero-order valence-corrected chi connectivity index (χ0v) is 11.8. The van der Waals surface area contributed by atoms with Crippen LogP contribution in [0.25, 0.3) is 0 Å². The molecule has 1 N–H and O–H groups in total. The number of hydrogen-bond donors (Lipinski definition) is 1. The van der Waals surface area contributed by atoms with E-state index in [0.717, 1.165) is 5.56 Å². The Morgan fingerprint density at radius 3 is 2.58 bits per heavy atom. The van der Waals surface area contributed by atoms with Gasteiger partial charge in [-0.2, -0.15) is 5.26 Å². The van der Waals surface area contributed by atoms with Crippen molar-refractivity contribution in [1.82, 2.24) is 5.32 Å². The van der Waals surface area contributed by atoms with E-state index in [0.29, 0.717) is 16.5 Å². The van der Waals surface area contributed by atoms with Crippen molar-refractivity contribution in [2.75, 3.05) is 7.05 Å². The molecule has 0 radical (unpaired) electrons. The second-order valence-electron chi connectivity index (χ2n) is 3.89. The Balaban J connectivity index is 2.66. The van der Waals surface area contributed by atoms with Crippen molar-refractivity contribution >= 4 is 34.9 Å². The SMILES string of the molecule is CNC(=O)[C@H](C#N)C(=O)CCc1ccc(Cl)c(Cl)c1. The van der Waals surface area contributed by atoms with Crippen molar-refractivity contribution < 1.29 is 9.59 Å². The lowest BCUT2D eigenvalue weighted by Gasteiger charge is -2.07. The molecular formula is C13H12Cl2N2O2. The lowest BCUT2D eigenvalue weighted by Crippen LogP contribution is -2.32. The number of nitrogens with zero attached hydrogens (tertiary/aromatic N) is 1. The van der Waals surface area contributed by atoms with Gasteiger partial charge < -0.3 is 5.32 Å². The Morgan fingerprint density at radius 2 is 2.05 bits per heavy atom. The van der Waals surface area contributed by atoms with Crippen LogP contribution in [0, 0.1) is 17.2 Å². The van der Waals surface area contributed by atoms with Crippen molar-refractivity contribution in [2.45, 2.75) is 12.8 Å². The van der Waals surface area contributed by atoms with Gasteiger partial charge in [0, 0.05) is 13.5 Å². The van der Waals surface area contributed by atoms with Gasteiger partial charge in [-0.1, -0.05) is 29.3 Å². The van der Waals surface area contributed by atoms with Gasteiger partial charge in [0.25, 0.3) is 0 Å². The zero-order chi connectivity index (χ0) is 14.4. The summed E-state index contributed by atoms with van der Waals surface area (Å²) in [6, 6.07) is 6.76. The Bertz CT molecular complexity index is 538. The number of amides is 1. The van der Waals surface area contributed by atoms with Crippen molar-refractivity contribution in [2.24, 2.45) is 5.92 Å². The largest absolute Gasteiger partial charge is 0.358 e. The molecule has 1 atom stereocenters. The fraction of sp³-hybridized carbons (Fsp3) is 0.308. The molecule has 0 saturated heterocycles. The molecule has 0 saturated carbocycles. The molecule has 0 aromatic heterocycles. The van der Waals surface area contributed by atoms with Gasteiger partial charge in [-0.3, -0.25) is 9.59 Å². The van der Waals surface area contributed by atoms with Gasteiger partial charge in [-0.05, 0) is 24.1 Å². The summed E-state index contributed by atoms with van der Waals surface area (Å²) in [6.45, 7) is 0. The highest BCUT2D eigenvalue weighted by Crippen LogP contribution is 2.23. The van der Waals surface area contributed by atoms with E-state index < -0.39 is 17.6 Å². The fourth-order valence-corrected chi connectivity index (χ4v) is 1.85. The molecule has 19 heavy (non-hydrogen) atoms. The van der Waals surface area contributed by atoms with Crippen LogP contribution in [0.2, 0.25) is 10.0 Å². The van der Waals surface area contributed by atoms with Gasteiger partial charge in [0.2, 0.25) is 5.91 Å². The number of benzene rings is 1. The van der Waals surface area contributed by atoms with Crippen LogP contribution in [0.5, 0.6) is 0 Å². The van der Waals surface area contributed by atoms with E-state index in [1.807, 2.05) is 0 Å². The van der Waals surface area contributed by atoms with Crippen molar-refractivity contribution in [3.8, 4) is 6.07 Å². The summed E-state index contributed by atoms with van der Waals surface area (Å²) in [5, 5.41) is 11.9. The Hall–Kier alpha value is -1.57. The van der Waals surface area contributed by atoms with Crippen molar-refractivity contribution in [3.63, 3.8) is 0 Å². The number of hydrogen-bond acceptors (Lipinski definition) is 3. The summed E-state index contributed by atoms with van der Waals surface area (Å²) in [7, 11) is 1.39. The lowest BCUT2D eigenvalue weighted by atomic mass is 9.98. The van der Waals surface area contributed by atoms with Crippen LogP contribution in [0.1, 0.15) is 12.0 Å². The number of rotatable bonds is 5. The highest BCUT2D eigenvalue weighted by Gasteiger charge is 2.24. The topological polar surface area (TPSA) is 70.0 Å². The van der Waals surface area contributed by atoms with E-state index in [-0.39, 0.29) is 6.42 Å². The maximum Gasteiger partial charge on any atom is 0.244 e. The van der Waals surface area contributed by atoms with E-state index in [2.05, 4.69) is 5.32 Å². The number of Topliss-reactive ketones (excluding diaryl/α,β-unsaturated/α-hetero) is 1. The fourth-order valence-electron chi connectivity index (χ4n) is 1.53. The number of halogens is 2. The molecular weight excluding hydrogens is 287 g/mol. The molecule has 0 fully saturated rings. The van der Waals surface area contributed by atoms with E-state index in [1.54, 1.807) is 24.3 Å². The molecule has 0 aliphatic rings. The van der Waals surface area contributed by atoms with E-state index >= 15 is 0 Å².